The molecule has 0 aliphatic rings. The van der Waals surface area contributed by atoms with Crippen LogP contribution in [0.25, 0.3) is 0 Å². The molecule has 0 N–H and O–H groups in total. The Labute approximate surface area is 201 Å². The number of hydrogen-bond acceptors (Lipinski definition) is 6. The van der Waals surface area contributed by atoms with Gasteiger partial charge in [-0.15, -0.1) is 0 Å². The summed E-state index contributed by atoms with van der Waals surface area (Å²) in [6.07, 6.45) is 0. The summed E-state index contributed by atoms with van der Waals surface area (Å²) < 4.78 is 0.882. The second-order valence-corrected chi connectivity index (χ2v) is 7.52. The van der Waals surface area contributed by atoms with Gasteiger partial charge in [-0.2, -0.15) is 11.8 Å². The topological polar surface area (TPSA) is 102 Å². The Morgan fingerprint density at radius 1 is 0.440 bits per heavy atom. The summed E-state index contributed by atoms with van der Waals surface area (Å²) in [5, 5.41) is 0. The van der Waals surface area contributed by atoms with Crippen LogP contribution in [0.2, 0.25) is 0 Å². The van der Waals surface area contributed by atoms with Gasteiger partial charge in [-0.25, -0.2) is 0 Å². The third-order valence-electron chi connectivity index (χ3n) is 1.85. The predicted octanol–water partition coefficient (Wildman–Crippen LogP) is 3.39. The van der Waals surface area contributed by atoms with Gasteiger partial charge in [-0.05, 0) is 41.5 Å². The van der Waals surface area contributed by atoms with E-state index in [2.05, 4.69) is 0 Å². The van der Waals surface area contributed by atoms with E-state index >= 15 is 0 Å². The summed E-state index contributed by atoms with van der Waals surface area (Å²) in [6.45, 7) is 8.27. The second kappa shape index (κ2) is 17.8. The van der Waals surface area contributed by atoms with E-state index in [4.69, 9.17) is 0 Å². The molecule has 0 aromatic heterocycles. The number of hydrogen-bond donors (Lipinski definition) is 0. The molecule has 0 aromatic rings. The predicted molar refractivity (Wildman–Crippen MR) is 116 cm³/mol. The fraction of sp³-hybridized carbons (Fsp3) is 0.400. The van der Waals surface area contributed by atoms with Gasteiger partial charge in [0.1, 0.15) is 0 Å². The van der Waals surface area contributed by atoms with Gasteiger partial charge in [0.05, 0.1) is 0 Å². The Balaban J connectivity index is -0.000000130. The first kappa shape index (κ1) is 33.1. The number of ketones is 6. The van der Waals surface area contributed by atoms with E-state index in [0.717, 1.165) is 0 Å². The van der Waals surface area contributed by atoms with E-state index < -0.39 is 0 Å². The van der Waals surface area contributed by atoms with Crippen molar-refractivity contribution in [3.8, 4) is 0 Å². The molecule has 0 spiro atoms. The van der Waals surface area contributed by atoms with Crippen molar-refractivity contribution in [3.05, 3.63) is 11.8 Å². The Hall–Kier alpha value is 0.443. The SMILES string of the molecule is CC(=O)[C-](I)C(C)=O.CC(=O)[C-](I)C(C)=O.CC(=O)[C-](I)C(C)=O.[Ru+3]. The molecular formula is C15H18I3O6Ru. The molecule has 0 unspecified atom stereocenters. The molecule has 0 fully saturated rings. The van der Waals surface area contributed by atoms with Crippen molar-refractivity contribution in [2.75, 3.05) is 0 Å². The molecule has 25 heavy (non-hydrogen) atoms. The van der Waals surface area contributed by atoms with E-state index in [9.17, 15) is 28.8 Å². The Bertz CT molecular complexity index is 394. The summed E-state index contributed by atoms with van der Waals surface area (Å²) in [4.78, 5) is 61.9. The zero-order chi connectivity index (χ0) is 20.2. The van der Waals surface area contributed by atoms with E-state index in [0.29, 0.717) is 11.8 Å². The molecule has 0 rings (SSSR count). The van der Waals surface area contributed by atoms with Crippen LogP contribution in [0, 0.1) is 11.8 Å². The molecule has 143 valence electrons. The maximum Gasteiger partial charge on any atom is 3.00 e. The molecule has 0 heterocycles. The molecule has 0 atom stereocenters. The van der Waals surface area contributed by atoms with Gasteiger partial charge >= 0.3 is 19.5 Å². The fourth-order valence-electron chi connectivity index (χ4n) is 0.744. The van der Waals surface area contributed by atoms with Crippen LogP contribution in [0.1, 0.15) is 41.5 Å². The van der Waals surface area contributed by atoms with Crippen molar-refractivity contribution in [2.45, 2.75) is 41.5 Å². The number of halogens is 3. The number of carbonyl (C=O) groups is 6. The van der Waals surface area contributed by atoms with Crippen LogP contribution in [0.15, 0.2) is 0 Å². The van der Waals surface area contributed by atoms with Crippen molar-refractivity contribution in [1.82, 2.24) is 0 Å². The van der Waals surface area contributed by atoms with Crippen LogP contribution < -0.4 is 0 Å². The Kier molecular flexibility index (Phi) is 23.6. The fourth-order valence-corrected chi connectivity index (χ4v) is 0.744. The summed E-state index contributed by atoms with van der Waals surface area (Å²) in [6, 6.07) is 0. The monoisotopic (exact) mass is 777 g/mol. The van der Waals surface area contributed by atoms with Crippen LogP contribution in [-0.2, 0) is 48.2 Å². The first-order valence-electron chi connectivity index (χ1n) is 6.29. The Morgan fingerprint density at radius 2 is 0.520 bits per heavy atom. The maximum atomic E-state index is 10.3. The minimum absolute atomic E-state index is 0. The third-order valence-corrected chi connectivity index (χ3v) is 6.41. The molecule has 0 aromatic carbocycles. The molecule has 6 nitrogen and oxygen atoms in total. The second-order valence-electron chi connectivity index (χ2n) is 4.28. The molecular weight excluding hydrogens is 758 g/mol. The van der Waals surface area contributed by atoms with Crippen LogP contribution >= 0.6 is 67.8 Å². The summed E-state index contributed by atoms with van der Waals surface area (Å²) in [5.74, 6) is -0.927. The number of rotatable bonds is 6. The van der Waals surface area contributed by atoms with Crippen LogP contribution in [-0.4, -0.2) is 34.7 Å². The minimum atomic E-state index is -0.155. The van der Waals surface area contributed by atoms with E-state index in [-0.39, 0.29) is 54.2 Å². The van der Waals surface area contributed by atoms with E-state index in [1.807, 2.05) is 0 Å². The normalized spacial score (nSPS) is 8.04. The average Bonchev–Trinajstić information content (AvgIpc) is 2.45. The summed E-state index contributed by atoms with van der Waals surface area (Å²) in [5.41, 5.74) is 0. The third kappa shape index (κ3) is 20.6. The zero-order valence-electron chi connectivity index (χ0n) is 14.4. The van der Waals surface area contributed by atoms with Crippen molar-refractivity contribution in [2.24, 2.45) is 0 Å². The van der Waals surface area contributed by atoms with Crippen molar-refractivity contribution in [1.29, 1.82) is 0 Å². The van der Waals surface area contributed by atoms with Gasteiger partial charge < -0.3 is 28.8 Å². The summed E-state index contributed by atoms with van der Waals surface area (Å²) in [7, 11) is 0. The van der Waals surface area contributed by atoms with Crippen LogP contribution in [0.4, 0.5) is 0 Å². The number of Topliss-reactive ketones (excluding diaryl/α,β-unsaturated/α-hetero) is 6. The van der Waals surface area contributed by atoms with Crippen molar-refractivity contribution < 1.29 is 48.2 Å². The Morgan fingerprint density at radius 3 is 0.520 bits per heavy atom. The molecule has 0 bridgehead atoms. The number of carbonyl (C=O) groups excluding carboxylic acids is 6. The largest absolute Gasteiger partial charge is 3.00 e. The zero-order valence-corrected chi connectivity index (χ0v) is 22.6. The average molecular weight is 776 g/mol. The van der Waals surface area contributed by atoms with Gasteiger partial charge in [0, 0.05) is 34.7 Å². The van der Waals surface area contributed by atoms with E-state index in [1.165, 1.54) is 41.5 Å². The van der Waals surface area contributed by atoms with Crippen molar-refractivity contribution in [3.63, 3.8) is 0 Å². The van der Waals surface area contributed by atoms with Gasteiger partial charge in [0.25, 0.3) is 0 Å². The smallest absolute Gasteiger partial charge is 0.333 e. The molecule has 0 saturated carbocycles. The van der Waals surface area contributed by atoms with Gasteiger partial charge in [-0.1, -0.05) is 0 Å². The molecule has 0 aliphatic heterocycles. The van der Waals surface area contributed by atoms with Crippen LogP contribution in [0.5, 0.6) is 0 Å². The molecule has 0 saturated heterocycles. The minimum Gasteiger partial charge on any atom is -0.333 e. The standard InChI is InChI=1S/3C5H6IO2.Ru/c3*1-3(7)5(6)4(2)8;/h3*1-2H3;/q3*-1;+3. The quantitative estimate of drug-likeness (QED) is 0.178. The molecule has 10 heteroatoms. The molecule has 1 radical (unpaired) electrons. The van der Waals surface area contributed by atoms with Gasteiger partial charge in [0.2, 0.25) is 0 Å². The van der Waals surface area contributed by atoms with Crippen molar-refractivity contribution >= 4 is 102 Å². The summed E-state index contributed by atoms with van der Waals surface area (Å²) >= 11 is 5.22. The first-order valence-corrected chi connectivity index (χ1v) is 9.53. The van der Waals surface area contributed by atoms with Gasteiger partial charge in [0.15, 0.2) is 0 Å². The maximum absolute atomic E-state index is 10.3. The molecule has 0 amide bonds. The van der Waals surface area contributed by atoms with Crippen LogP contribution in [0.3, 0.4) is 0 Å². The first-order chi connectivity index (χ1) is 10.7. The molecule has 0 aliphatic carbocycles. The van der Waals surface area contributed by atoms with E-state index in [1.54, 1.807) is 67.8 Å². The van der Waals surface area contributed by atoms with Gasteiger partial charge in [-0.3, -0.25) is 67.8 Å².